The van der Waals surface area contributed by atoms with Gasteiger partial charge in [-0.25, -0.2) is 19.7 Å². The summed E-state index contributed by atoms with van der Waals surface area (Å²) < 4.78 is 7.74. The first-order chi connectivity index (χ1) is 18.6. The average molecular weight is 508 g/mol. The maximum atomic E-state index is 13.5. The van der Waals surface area contributed by atoms with Crippen molar-refractivity contribution >= 4 is 6.09 Å². The van der Waals surface area contributed by atoms with Gasteiger partial charge in [-0.15, -0.1) is 0 Å². The summed E-state index contributed by atoms with van der Waals surface area (Å²) in [6, 6.07) is 16.5. The number of rotatable bonds is 4. The van der Waals surface area contributed by atoms with Crippen LogP contribution in [0.15, 0.2) is 79.6 Å². The third-order valence-corrected chi connectivity index (χ3v) is 8.47. The molecule has 0 spiro atoms. The van der Waals surface area contributed by atoms with Crippen molar-refractivity contribution in [3.05, 3.63) is 96.3 Å². The number of imidazole rings is 1. The minimum atomic E-state index is -1.08. The molecule has 7 rings (SSSR count). The maximum Gasteiger partial charge on any atom is 0.410 e. The Morgan fingerprint density at radius 1 is 0.974 bits per heavy atom. The van der Waals surface area contributed by atoms with Crippen LogP contribution in [0.5, 0.6) is 0 Å². The molecule has 2 unspecified atom stereocenters. The van der Waals surface area contributed by atoms with E-state index < -0.39 is 5.60 Å². The quantitative estimate of drug-likeness (QED) is 0.426. The number of hydrogen-bond acceptors (Lipinski definition) is 6. The van der Waals surface area contributed by atoms with E-state index in [2.05, 4.69) is 51.4 Å². The molecule has 2 bridgehead atoms. The Labute approximate surface area is 221 Å². The summed E-state index contributed by atoms with van der Waals surface area (Å²) in [5.41, 5.74) is 4.44. The molecule has 8 nitrogen and oxygen atoms in total. The molecule has 4 heterocycles. The van der Waals surface area contributed by atoms with Crippen LogP contribution in [-0.4, -0.2) is 54.3 Å². The summed E-state index contributed by atoms with van der Waals surface area (Å²) in [6.45, 7) is 0.302. The van der Waals surface area contributed by atoms with Crippen molar-refractivity contribution in [1.82, 2.24) is 24.4 Å². The second-order valence-corrected chi connectivity index (χ2v) is 10.6. The second kappa shape index (κ2) is 9.06. The molecule has 2 aromatic carbocycles. The zero-order chi connectivity index (χ0) is 25.7. The van der Waals surface area contributed by atoms with E-state index in [1.807, 2.05) is 17.0 Å². The Kier molecular flexibility index (Phi) is 5.51. The highest BCUT2D eigenvalue weighted by Gasteiger charge is 2.49. The van der Waals surface area contributed by atoms with Crippen molar-refractivity contribution in [2.45, 2.75) is 55.7 Å². The number of ether oxygens (including phenoxy) is 1. The van der Waals surface area contributed by atoms with Gasteiger partial charge in [-0.1, -0.05) is 48.5 Å². The van der Waals surface area contributed by atoms with Crippen LogP contribution < -0.4 is 0 Å². The third-order valence-electron chi connectivity index (χ3n) is 8.47. The summed E-state index contributed by atoms with van der Waals surface area (Å²) in [6.07, 6.45) is 11.8. The van der Waals surface area contributed by atoms with Crippen LogP contribution in [0.3, 0.4) is 0 Å². The van der Waals surface area contributed by atoms with Crippen molar-refractivity contribution in [3.8, 4) is 17.1 Å². The van der Waals surface area contributed by atoms with Crippen LogP contribution in [0.4, 0.5) is 4.79 Å². The van der Waals surface area contributed by atoms with E-state index in [4.69, 9.17) is 4.74 Å². The number of amides is 1. The number of benzene rings is 2. The van der Waals surface area contributed by atoms with Crippen LogP contribution in [-0.2, 0) is 10.3 Å². The lowest BCUT2D eigenvalue weighted by Crippen LogP contribution is -2.59. The fourth-order valence-corrected chi connectivity index (χ4v) is 6.70. The van der Waals surface area contributed by atoms with Crippen LogP contribution in [0.1, 0.15) is 54.7 Å². The standard InChI is InChI=1S/C30H29N5O3/c36-29(38-18-27-25-10-3-1-8-23(25)24-9-2-4-11-26(24)27)35-21-6-5-7-22(35)15-30(37,14-21)20-16-32-28(33-17-20)34-13-12-31-19-34/h1-4,8-13,16-17,19,21-22,27,37H,5-7,14-15,18H2. The molecule has 2 atom stereocenters. The van der Waals surface area contributed by atoms with E-state index >= 15 is 0 Å². The van der Waals surface area contributed by atoms with E-state index in [1.165, 1.54) is 22.3 Å². The molecule has 192 valence electrons. The summed E-state index contributed by atoms with van der Waals surface area (Å²) in [5.74, 6) is 0.533. The average Bonchev–Trinajstić information content (AvgIpc) is 3.59. The van der Waals surface area contributed by atoms with Crippen molar-refractivity contribution in [1.29, 1.82) is 0 Å². The predicted molar refractivity (Wildman–Crippen MR) is 141 cm³/mol. The largest absolute Gasteiger partial charge is 0.448 e. The Hall–Kier alpha value is -4.04. The molecule has 0 saturated carbocycles. The molecule has 1 N–H and O–H groups in total. The molecule has 8 heteroatoms. The molecule has 38 heavy (non-hydrogen) atoms. The van der Waals surface area contributed by atoms with Crippen LogP contribution >= 0.6 is 0 Å². The summed E-state index contributed by atoms with van der Waals surface area (Å²) in [5, 5.41) is 11.7. The van der Waals surface area contributed by atoms with Gasteiger partial charge >= 0.3 is 6.09 Å². The molecule has 0 radical (unpaired) electrons. The fraction of sp³-hybridized carbons (Fsp3) is 0.333. The first-order valence-corrected chi connectivity index (χ1v) is 13.3. The first kappa shape index (κ1) is 23.1. The zero-order valence-electron chi connectivity index (χ0n) is 21.0. The number of aliphatic hydroxyl groups is 1. The molecule has 4 aromatic rings. The first-order valence-electron chi connectivity index (χ1n) is 13.3. The van der Waals surface area contributed by atoms with Gasteiger partial charge in [0.2, 0.25) is 5.95 Å². The van der Waals surface area contributed by atoms with Crippen LogP contribution in [0, 0.1) is 0 Å². The Morgan fingerprint density at radius 2 is 1.61 bits per heavy atom. The van der Waals surface area contributed by atoms with Gasteiger partial charge in [-0.3, -0.25) is 4.57 Å². The monoisotopic (exact) mass is 507 g/mol. The van der Waals surface area contributed by atoms with E-state index in [-0.39, 0.29) is 24.1 Å². The minimum absolute atomic E-state index is 0.0269. The molecular formula is C30H29N5O3. The van der Waals surface area contributed by atoms with Crippen molar-refractivity contribution in [2.75, 3.05) is 6.61 Å². The van der Waals surface area contributed by atoms with E-state index in [0.717, 1.165) is 19.3 Å². The van der Waals surface area contributed by atoms with Gasteiger partial charge < -0.3 is 14.7 Å². The second-order valence-electron chi connectivity index (χ2n) is 10.6. The molecule has 2 saturated heterocycles. The number of carbonyl (C=O) groups excluding carboxylic acids is 1. The van der Waals surface area contributed by atoms with Gasteiger partial charge in [0.15, 0.2) is 0 Å². The molecule has 2 fully saturated rings. The van der Waals surface area contributed by atoms with Gasteiger partial charge in [0.1, 0.15) is 12.9 Å². The van der Waals surface area contributed by atoms with Crippen molar-refractivity contribution in [2.24, 2.45) is 0 Å². The fourth-order valence-electron chi connectivity index (χ4n) is 6.70. The number of fused-ring (bicyclic) bond motifs is 5. The minimum Gasteiger partial charge on any atom is -0.448 e. The van der Waals surface area contributed by atoms with Crippen LogP contribution in [0.25, 0.3) is 17.1 Å². The lowest BCUT2D eigenvalue weighted by molar-refractivity contribution is -0.0894. The number of nitrogens with zero attached hydrogens (tertiary/aromatic N) is 5. The molecule has 1 amide bonds. The van der Waals surface area contributed by atoms with Gasteiger partial charge in [0, 0.05) is 61.2 Å². The summed E-state index contributed by atoms with van der Waals surface area (Å²) in [7, 11) is 0. The molecular weight excluding hydrogens is 478 g/mol. The van der Waals surface area contributed by atoms with E-state index in [9.17, 15) is 9.90 Å². The Balaban J connectivity index is 1.08. The normalized spacial score (nSPS) is 24.1. The topological polar surface area (TPSA) is 93.4 Å². The molecule has 1 aliphatic carbocycles. The molecule has 2 aliphatic heterocycles. The van der Waals surface area contributed by atoms with Gasteiger partial charge in [0.05, 0.1) is 5.60 Å². The number of carbonyl (C=O) groups is 1. The van der Waals surface area contributed by atoms with Crippen LogP contribution in [0.2, 0.25) is 0 Å². The van der Waals surface area contributed by atoms with Gasteiger partial charge in [-0.05, 0) is 41.5 Å². The number of aromatic nitrogens is 4. The van der Waals surface area contributed by atoms with Gasteiger partial charge in [0.25, 0.3) is 0 Å². The summed E-state index contributed by atoms with van der Waals surface area (Å²) >= 11 is 0. The molecule has 3 aliphatic rings. The SMILES string of the molecule is O=C(OCC1c2ccccc2-c2ccccc21)N1C2CCCC1CC(O)(c1cnc(-n3ccnc3)nc1)C2. The molecule has 2 aromatic heterocycles. The van der Waals surface area contributed by atoms with Crippen molar-refractivity contribution < 1.29 is 14.6 Å². The maximum absolute atomic E-state index is 13.5. The Bertz CT molecular complexity index is 1410. The summed E-state index contributed by atoms with van der Waals surface area (Å²) in [4.78, 5) is 28.3. The lowest BCUT2D eigenvalue weighted by Gasteiger charge is -2.51. The highest BCUT2D eigenvalue weighted by atomic mass is 16.6. The highest BCUT2D eigenvalue weighted by Crippen LogP contribution is 2.46. The lowest BCUT2D eigenvalue weighted by atomic mass is 9.73. The van der Waals surface area contributed by atoms with Crippen molar-refractivity contribution in [3.63, 3.8) is 0 Å². The predicted octanol–water partition coefficient (Wildman–Crippen LogP) is 4.82. The zero-order valence-corrected chi connectivity index (χ0v) is 21.0. The van der Waals surface area contributed by atoms with E-state index in [0.29, 0.717) is 31.0 Å². The smallest absolute Gasteiger partial charge is 0.410 e. The third kappa shape index (κ3) is 3.79. The Morgan fingerprint density at radius 3 is 2.21 bits per heavy atom. The number of piperidine rings is 2. The van der Waals surface area contributed by atoms with Gasteiger partial charge in [-0.2, -0.15) is 0 Å². The van der Waals surface area contributed by atoms with E-state index in [1.54, 1.807) is 35.7 Å². The highest BCUT2D eigenvalue weighted by molar-refractivity contribution is 5.79. The number of hydrogen-bond donors (Lipinski definition) is 1.